The molecule has 1 aliphatic heterocycles. The van der Waals surface area contributed by atoms with Gasteiger partial charge in [-0.3, -0.25) is 4.79 Å². The third-order valence-electron chi connectivity index (χ3n) is 3.72. The van der Waals surface area contributed by atoms with Gasteiger partial charge in [-0.1, -0.05) is 0 Å². The van der Waals surface area contributed by atoms with Gasteiger partial charge in [-0.2, -0.15) is 0 Å². The van der Waals surface area contributed by atoms with Gasteiger partial charge >= 0.3 is 0 Å². The minimum atomic E-state index is -0.342. The molecule has 0 radical (unpaired) electrons. The Morgan fingerprint density at radius 3 is 2.77 bits per heavy atom. The zero-order valence-corrected chi connectivity index (χ0v) is 12.3. The molecule has 3 rings (SSSR count). The maximum Gasteiger partial charge on any atom is 0.259 e. The number of nitrogens with one attached hydrogen (secondary N) is 2. The van der Waals surface area contributed by atoms with Crippen LogP contribution in [0.2, 0.25) is 0 Å². The van der Waals surface area contributed by atoms with E-state index in [0.717, 1.165) is 25.2 Å². The highest BCUT2D eigenvalue weighted by Crippen LogP contribution is 2.20. The van der Waals surface area contributed by atoms with Crippen LogP contribution in [-0.4, -0.2) is 22.4 Å². The fourth-order valence-corrected chi connectivity index (χ4v) is 2.51. The molecule has 1 aromatic heterocycles. The Balaban J connectivity index is 1.76. The van der Waals surface area contributed by atoms with E-state index in [1.807, 2.05) is 0 Å². The largest absolute Gasteiger partial charge is 0.322 e. The van der Waals surface area contributed by atoms with Crippen LogP contribution in [-0.2, 0) is 0 Å². The first-order valence-electron chi connectivity index (χ1n) is 7.27. The lowest BCUT2D eigenvalue weighted by molar-refractivity contribution is 0.102. The third kappa shape index (κ3) is 3.12. The molecule has 2 aromatic rings. The Kier molecular flexibility index (Phi) is 4.11. The van der Waals surface area contributed by atoms with Crippen molar-refractivity contribution in [3.05, 3.63) is 53.4 Å². The van der Waals surface area contributed by atoms with Crippen molar-refractivity contribution in [2.45, 2.75) is 25.8 Å². The number of hydrogen-bond acceptors (Lipinski definition) is 4. The lowest BCUT2D eigenvalue weighted by Gasteiger charge is -2.11. The summed E-state index contributed by atoms with van der Waals surface area (Å²) in [5.41, 5.74) is 1.59. The lowest BCUT2D eigenvalue weighted by atomic mass is 10.2. The first-order valence-corrected chi connectivity index (χ1v) is 7.27. The smallest absolute Gasteiger partial charge is 0.259 e. The van der Waals surface area contributed by atoms with Crippen LogP contribution in [0, 0.1) is 12.7 Å². The second-order valence-corrected chi connectivity index (χ2v) is 5.34. The maximum absolute atomic E-state index is 12.9. The van der Waals surface area contributed by atoms with Gasteiger partial charge in [-0.25, -0.2) is 14.4 Å². The van der Waals surface area contributed by atoms with Gasteiger partial charge < -0.3 is 10.6 Å². The zero-order chi connectivity index (χ0) is 15.5. The summed E-state index contributed by atoms with van der Waals surface area (Å²) in [6, 6.07) is 5.80. The average molecular weight is 300 g/mol. The molecule has 1 aromatic carbocycles. The van der Waals surface area contributed by atoms with Crippen molar-refractivity contribution in [2.24, 2.45) is 0 Å². The van der Waals surface area contributed by atoms with Crippen LogP contribution in [0.15, 0.2) is 30.5 Å². The van der Waals surface area contributed by atoms with Gasteiger partial charge in [0.15, 0.2) is 0 Å². The molecule has 1 saturated heterocycles. The van der Waals surface area contributed by atoms with Crippen molar-refractivity contribution in [1.82, 2.24) is 15.3 Å². The Labute approximate surface area is 128 Å². The molecular formula is C16H17FN4O. The lowest BCUT2D eigenvalue weighted by Crippen LogP contribution is -2.19. The summed E-state index contributed by atoms with van der Waals surface area (Å²) >= 11 is 0. The van der Waals surface area contributed by atoms with Gasteiger partial charge in [0.1, 0.15) is 11.6 Å². The summed E-state index contributed by atoms with van der Waals surface area (Å²) in [4.78, 5) is 21.0. The van der Waals surface area contributed by atoms with Crippen LogP contribution in [0.1, 0.15) is 40.8 Å². The van der Waals surface area contributed by atoms with Crippen molar-refractivity contribution < 1.29 is 9.18 Å². The number of halogens is 1. The minimum absolute atomic E-state index is 0.174. The molecule has 1 fully saturated rings. The number of carbonyl (C=O) groups excluding carboxylic acids is 1. The molecule has 0 unspecified atom stereocenters. The number of anilines is 1. The molecule has 22 heavy (non-hydrogen) atoms. The summed E-state index contributed by atoms with van der Waals surface area (Å²) in [6.07, 6.45) is 3.68. The molecule has 2 N–H and O–H groups in total. The molecule has 5 nitrogen and oxygen atoms in total. The molecule has 2 heterocycles. The fourth-order valence-electron chi connectivity index (χ4n) is 2.51. The first-order chi connectivity index (χ1) is 10.6. The number of rotatable bonds is 3. The maximum atomic E-state index is 12.9. The van der Waals surface area contributed by atoms with Crippen LogP contribution >= 0.6 is 0 Å². The van der Waals surface area contributed by atoms with Gasteiger partial charge in [0, 0.05) is 11.9 Å². The first kappa shape index (κ1) is 14.6. The van der Waals surface area contributed by atoms with E-state index in [1.165, 1.54) is 24.3 Å². The van der Waals surface area contributed by atoms with Gasteiger partial charge in [0.25, 0.3) is 5.91 Å². The normalized spacial score (nSPS) is 17.5. The van der Waals surface area contributed by atoms with Gasteiger partial charge in [0.2, 0.25) is 0 Å². The van der Waals surface area contributed by atoms with E-state index in [2.05, 4.69) is 20.6 Å². The number of aryl methyl sites for hydroxylation is 1. The van der Waals surface area contributed by atoms with Crippen molar-refractivity contribution in [1.29, 1.82) is 0 Å². The molecule has 0 bridgehead atoms. The Morgan fingerprint density at radius 1 is 1.36 bits per heavy atom. The highest BCUT2D eigenvalue weighted by molar-refractivity contribution is 6.04. The predicted octanol–water partition coefficient (Wildman–Crippen LogP) is 2.60. The molecule has 0 spiro atoms. The molecule has 0 saturated carbocycles. The van der Waals surface area contributed by atoms with Crippen molar-refractivity contribution in [3.63, 3.8) is 0 Å². The molecule has 1 aliphatic rings. The van der Waals surface area contributed by atoms with E-state index < -0.39 is 0 Å². The van der Waals surface area contributed by atoms with Crippen LogP contribution in [0.25, 0.3) is 0 Å². The average Bonchev–Trinajstić information content (AvgIpc) is 3.03. The second kappa shape index (κ2) is 6.19. The topological polar surface area (TPSA) is 66.9 Å². The molecule has 6 heteroatoms. The van der Waals surface area contributed by atoms with E-state index in [4.69, 9.17) is 0 Å². The second-order valence-electron chi connectivity index (χ2n) is 5.34. The summed E-state index contributed by atoms with van der Waals surface area (Å²) in [5.74, 6) is 0.0919. The number of hydrogen-bond donors (Lipinski definition) is 2. The zero-order valence-electron chi connectivity index (χ0n) is 12.3. The SMILES string of the molecule is Cc1nc([C@H]2CCCN2)ncc1C(=O)Nc1ccc(F)cc1. The molecule has 1 amide bonds. The summed E-state index contributed by atoms with van der Waals surface area (Å²) in [6.45, 7) is 2.76. The number of carbonyl (C=O) groups is 1. The monoisotopic (exact) mass is 300 g/mol. The summed E-state index contributed by atoms with van der Waals surface area (Å²) < 4.78 is 12.9. The third-order valence-corrected chi connectivity index (χ3v) is 3.72. The van der Waals surface area contributed by atoms with Crippen LogP contribution < -0.4 is 10.6 Å². The van der Waals surface area contributed by atoms with Crippen molar-refractivity contribution in [3.8, 4) is 0 Å². The predicted molar refractivity (Wildman–Crippen MR) is 81.1 cm³/mol. The number of amides is 1. The Hall–Kier alpha value is -2.34. The van der Waals surface area contributed by atoms with Crippen LogP contribution in [0.5, 0.6) is 0 Å². The molecule has 0 aliphatic carbocycles. The number of nitrogens with zero attached hydrogens (tertiary/aromatic N) is 2. The van der Waals surface area contributed by atoms with Crippen molar-refractivity contribution >= 4 is 11.6 Å². The van der Waals surface area contributed by atoms with E-state index in [0.29, 0.717) is 16.9 Å². The van der Waals surface area contributed by atoms with E-state index >= 15 is 0 Å². The van der Waals surface area contributed by atoms with Crippen LogP contribution in [0.4, 0.5) is 10.1 Å². The number of benzene rings is 1. The fraction of sp³-hybridized carbons (Fsp3) is 0.312. The van der Waals surface area contributed by atoms with Gasteiger partial charge in [-0.15, -0.1) is 0 Å². The van der Waals surface area contributed by atoms with E-state index in [-0.39, 0.29) is 17.8 Å². The highest BCUT2D eigenvalue weighted by Gasteiger charge is 2.20. The molecule has 1 atom stereocenters. The van der Waals surface area contributed by atoms with E-state index in [1.54, 1.807) is 13.1 Å². The van der Waals surface area contributed by atoms with Crippen LogP contribution in [0.3, 0.4) is 0 Å². The van der Waals surface area contributed by atoms with Crippen molar-refractivity contribution in [2.75, 3.05) is 11.9 Å². The quantitative estimate of drug-likeness (QED) is 0.914. The van der Waals surface area contributed by atoms with E-state index in [9.17, 15) is 9.18 Å². The van der Waals surface area contributed by atoms with Gasteiger partial charge in [0.05, 0.1) is 17.3 Å². The number of aromatic nitrogens is 2. The molecular weight excluding hydrogens is 283 g/mol. The standard InChI is InChI=1S/C16H17FN4O/c1-10-13(9-19-15(20-10)14-3-2-8-18-14)16(22)21-12-6-4-11(17)5-7-12/h4-7,9,14,18H,2-3,8H2,1H3,(H,21,22)/t14-/m1/s1. The molecule has 114 valence electrons. The Morgan fingerprint density at radius 2 is 2.14 bits per heavy atom. The minimum Gasteiger partial charge on any atom is -0.322 e. The Bertz CT molecular complexity index is 681. The summed E-state index contributed by atoms with van der Waals surface area (Å²) in [5, 5.41) is 6.05. The van der Waals surface area contributed by atoms with Gasteiger partial charge in [-0.05, 0) is 50.6 Å². The highest BCUT2D eigenvalue weighted by atomic mass is 19.1. The summed E-state index contributed by atoms with van der Waals surface area (Å²) in [7, 11) is 0.